The van der Waals surface area contributed by atoms with Gasteiger partial charge >= 0.3 is 0 Å². The van der Waals surface area contributed by atoms with Gasteiger partial charge in [-0.2, -0.15) is 5.10 Å². The monoisotopic (exact) mass is 276 g/mol. The quantitative estimate of drug-likeness (QED) is 0.688. The molecule has 0 amide bonds. The second-order valence-corrected chi connectivity index (χ2v) is 5.32. The van der Waals surface area contributed by atoms with Crippen LogP contribution in [0, 0.1) is 12.3 Å². The Labute approximate surface area is 114 Å². The standard InChI is InChI=1S/C13H22Cl2N2/c1-4-6-13(9-14,10-15)8-12-7-11(3)16-17(12)5-2/h7H,4-6,8-10H2,1-3H3. The molecule has 1 aromatic heterocycles. The van der Waals surface area contributed by atoms with Crippen molar-refractivity contribution in [3.05, 3.63) is 17.5 Å². The van der Waals surface area contributed by atoms with Crippen LogP contribution in [0.4, 0.5) is 0 Å². The lowest BCUT2D eigenvalue weighted by Crippen LogP contribution is -2.29. The number of aryl methyl sites for hydroxylation is 2. The third-order valence-corrected chi connectivity index (χ3v) is 4.32. The zero-order valence-electron chi connectivity index (χ0n) is 11.0. The number of halogens is 2. The minimum absolute atomic E-state index is 0.0112. The van der Waals surface area contributed by atoms with Crippen molar-refractivity contribution in [2.24, 2.45) is 5.41 Å². The number of aromatic nitrogens is 2. The van der Waals surface area contributed by atoms with Gasteiger partial charge in [-0.15, -0.1) is 23.2 Å². The van der Waals surface area contributed by atoms with Crippen molar-refractivity contribution in [3.63, 3.8) is 0 Å². The number of alkyl halides is 2. The predicted molar refractivity (Wildman–Crippen MR) is 75.1 cm³/mol. The number of rotatable bonds is 7. The van der Waals surface area contributed by atoms with Gasteiger partial charge in [0.2, 0.25) is 0 Å². The fraction of sp³-hybridized carbons (Fsp3) is 0.769. The van der Waals surface area contributed by atoms with E-state index in [-0.39, 0.29) is 5.41 Å². The minimum atomic E-state index is 0.0112. The highest BCUT2D eigenvalue weighted by Crippen LogP contribution is 2.32. The van der Waals surface area contributed by atoms with Gasteiger partial charge in [0, 0.05) is 29.4 Å². The van der Waals surface area contributed by atoms with Gasteiger partial charge in [0.05, 0.1) is 5.69 Å². The fourth-order valence-corrected chi connectivity index (χ4v) is 3.02. The van der Waals surface area contributed by atoms with Crippen molar-refractivity contribution < 1.29 is 0 Å². The van der Waals surface area contributed by atoms with E-state index in [0.717, 1.165) is 31.5 Å². The van der Waals surface area contributed by atoms with Gasteiger partial charge in [-0.25, -0.2) is 0 Å². The van der Waals surface area contributed by atoms with Gasteiger partial charge in [0.25, 0.3) is 0 Å². The Kier molecular flexibility index (Phi) is 5.81. The fourth-order valence-electron chi connectivity index (χ4n) is 2.28. The summed E-state index contributed by atoms with van der Waals surface area (Å²) in [5, 5.41) is 4.47. The summed E-state index contributed by atoms with van der Waals surface area (Å²) >= 11 is 12.3. The molecule has 2 nitrogen and oxygen atoms in total. The molecule has 0 atom stereocenters. The summed E-state index contributed by atoms with van der Waals surface area (Å²) in [6, 6.07) is 2.15. The smallest absolute Gasteiger partial charge is 0.0596 e. The molecule has 1 rings (SSSR count). The molecule has 0 aliphatic heterocycles. The van der Waals surface area contributed by atoms with Gasteiger partial charge in [-0.3, -0.25) is 4.68 Å². The minimum Gasteiger partial charge on any atom is -0.270 e. The Bertz CT molecular complexity index is 343. The summed E-state index contributed by atoms with van der Waals surface area (Å²) in [7, 11) is 0. The van der Waals surface area contributed by atoms with Crippen LogP contribution in [-0.2, 0) is 13.0 Å². The molecule has 0 saturated heterocycles. The van der Waals surface area contributed by atoms with Gasteiger partial charge in [-0.05, 0) is 32.8 Å². The number of hydrogen-bond donors (Lipinski definition) is 0. The topological polar surface area (TPSA) is 17.8 Å². The molecule has 0 aromatic carbocycles. The van der Waals surface area contributed by atoms with Crippen molar-refractivity contribution in [2.75, 3.05) is 11.8 Å². The Morgan fingerprint density at radius 1 is 1.29 bits per heavy atom. The van der Waals surface area contributed by atoms with Crippen LogP contribution in [0.25, 0.3) is 0 Å². The molecule has 17 heavy (non-hydrogen) atoms. The highest BCUT2D eigenvalue weighted by molar-refractivity contribution is 6.21. The predicted octanol–water partition coefficient (Wildman–Crippen LogP) is 4.02. The van der Waals surface area contributed by atoms with E-state index in [4.69, 9.17) is 23.2 Å². The van der Waals surface area contributed by atoms with E-state index in [2.05, 4.69) is 29.7 Å². The Morgan fingerprint density at radius 2 is 1.94 bits per heavy atom. The van der Waals surface area contributed by atoms with Crippen molar-refractivity contribution in [3.8, 4) is 0 Å². The molecule has 0 unspecified atom stereocenters. The van der Waals surface area contributed by atoms with E-state index < -0.39 is 0 Å². The molecular weight excluding hydrogens is 255 g/mol. The molecule has 0 aliphatic rings. The lowest BCUT2D eigenvalue weighted by molar-refractivity contribution is 0.330. The SMILES string of the molecule is CCCC(CCl)(CCl)Cc1cc(C)nn1CC. The van der Waals surface area contributed by atoms with Crippen LogP contribution in [0.3, 0.4) is 0 Å². The van der Waals surface area contributed by atoms with E-state index in [0.29, 0.717) is 11.8 Å². The first-order valence-electron chi connectivity index (χ1n) is 6.26. The summed E-state index contributed by atoms with van der Waals surface area (Å²) in [5.74, 6) is 1.22. The molecule has 98 valence electrons. The Balaban J connectivity index is 2.91. The molecule has 0 saturated carbocycles. The summed E-state index contributed by atoms with van der Waals surface area (Å²) in [6.07, 6.45) is 3.09. The zero-order chi connectivity index (χ0) is 12.9. The van der Waals surface area contributed by atoms with Crippen LogP contribution in [0.2, 0.25) is 0 Å². The summed E-state index contributed by atoms with van der Waals surface area (Å²) in [4.78, 5) is 0. The zero-order valence-corrected chi connectivity index (χ0v) is 12.5. The molecule has 0 aliphatic carbocycles. The van der Waals surface area contributed by atoms with E-state index in [1.807, 2.05) is 6.92 Å². The maximum absolute atomic E-state index is 6.14. The largest absolute Gasteiger partial charge is 0.270 e. The van der Waals surface area contributed by atoms with Gasteiger partial charge in [-0.1, -0.05) is 13.3 Å². The van der Waals surface area contributed by atoms with Crippen molar-refractivity contribution in [1.82, 2.24) is 9.78 Å². The van der Waals surface area contributed by atoms with Crippen molar-refractivity contribution in [2.45, 2.75) is 46.6 Å². The summed E-state index contributed by atoms with van der Waals surface area (Å²) in [6.45, 7) is 7.21. The second kappa shape index (κ2) is 6.65. The van der Waals surface area contributed by atoms with Gasteiger partial charge < -0.3 is 0 Å². The van der Waals surface area contributed by atoms with Crippen LogP contribution >= 0.6 is 23.2 Å². The molecule has 0 fully saturated rings. The highest BCUT2D eigenvalue weighted by atomic mass is 35.5. The first-order chi connectivity index (χ1) is 8.10. The van der Waals surface area contributed by atoms with E-state index in [1.54, 1.807) is 0 Å². The van der Waals surface area contributed by atoms with Gasteiger partial charge in [0.15, 0.2) is 0 Å². The lowest BCUT2D eigenvalue weighted by atomic mass is 9.83. The Hall–Kier alpha value is -0.210. The number of hydrogen-bond acceptors (Lipinski definition) is 1. The average Bonchev–Trinajstić information content (AvgIpc) is 2.68. The average molecular weight is 277 g/mol. The highest BCUT2D eigenvalue weighted by Gasteiger charge is 2.29. The second-order valence-electron chi connectivity index (χ2n) is 4.79. The van der Waals surface area contributed by atoms with Gasteiger partial charge in [0.1, 0.15) is 0 Å². The molecule has 1 heterocycles. The van der Waals surface area contributed by atoms with E-state index >= 15 is 0 Å². The van der Waals surface area contributed by atoms with Crippen LogP contribution in [-0.4, -0.2) is 21.5 Å². The molecule has 4 heteroatoms. The van der Waals surface area contributed by atoms with Crippen LogP contribution in [0.15, 0.2) is 6.07 Å². The molecular formula is C13H22Cl2N2. The van der Waals surface area contributed by atoms with E-state index in [1.165, 1.54) is 5.69 Å². The molecule has 0 bridgehead atoms. The van der Waals surface area contributed by atoms with Crippen molar-refractivity contribution >= 4 is 23.2 Å². The summed E-state index contributed by atoms with van der Waals surface area (Å²) < 4.78 is 2.05. The third kappa shape index (κ3) is 3.62. The maximum Gasteiger partial charge on any atom is 0.0596 e. The molecule has 0 spiro atoms. The Morgan fingerprint density at radius 3 is 2.41 bits per heavy atom. The number of nitrogens with zero attached hydrogens (tertiary/aromatic N) is 2. The maximum atomic E-state index is 6.14. The van der Waals surface area contributed by atoms with Crippen LogP contribution in [0.1, 0.15) is 38.1 Å². The van der Waals surface area contributed by atoms with Crippen molar-refractivity contribution in [1.29, 1.82) is 0 Å². The first-order valence-corrected chi connectivity index (χ1v) is 7.33. The van der Waals surface area contributed by atoms with E-state index in [9.17, 15) is 0 Å². The lowest BCUT2D eigenvalue weighted by Gasteiger charge is -2.29. The third-order valence-electron chi connectivity index (χ3n) is 3.19. The normalized spacial score (nSPS) is 12.1. The van der Waals surface area contributed by atoms with Crippen LogP contribution < -0.4 is 0 Å². The molecule has 1 aromatic rings. The first kappa shape index (κ1) is 14.8. The molecule has 0 N–H and O–H groups in total. The molecule has 0 radical (unpaired) electrons. The van der Waals surface area contributed by atoms with Crippen LogP contribution in [0.5, 0.6) is 0 Å². The summed E-state index contributed by atoms with van der Waals surface area (Å²) in [5.41, 5.74) is 2.33.